The molecule has 2 N–H and O–H groups in total. The van der Waals surface area contributed by atoms with Gasteiger partial charge in [-0.1, -0.05) is 18.2 Å². The minimum atomic E-state index is 0. The highest BCUT2D eigenvalue weighted by molar-refractivity contribution is 6.29. The molecule has 1 aliphatic rings. The summed E-state index contributed by atoms with van der Waals surface area (Å²) in [5.74, 6) is 0.555. The topological polar surface area (TPSA) is 41.1 Å². The number of hydrogen-bond acceptors (Lipinski definition) is 2. The van der Waals surface area contributed by atoms with Crippen molar-refractivity contribution < 1.29 is 4.79 Å². The monoisotopic (exact) mass is 238 g/mol. The van der Waals surface area contributed by atoms with Gasteiger partial charge in [0.1, 0.15) is 0 Å². The molecule has 1 atom stereocenters. The lowest BCUT2D eigenvalue weighted by molar-refractivity contribution is -0.121. The summed E-state index contributed by atoms with van der Waals surface area (Å²) in [5.41, 5.74) is 0. The summed E-state index contributed by atoms with van der Waals surface area (Å²) in [5, 5.41) is 6.40. The smallest absolute Gasteiger partial charge is 0.220 e. The van der Waals surface area contributed by atoms with Gasteiger partial charge in [-0.25, -0.2) is 0 Å². The Balaban J connectivity index is 0.00000169. The molecule has 1 aliphatic heterocycles. The van der Waals surface area contributed by atoms with Gasteiger partial charge in [-0.3, -0.25) is 4.79 Å². The second-order valence-electron chi connectivity index (χ2n) is 3.36. The van der Waals surface area contributed by atoms with E-state index in [1.807, 2.05) is 0 Å². The molecule has 0 bridgehead atoms. The number of hydrogen-bond donors (Lipinski definition) is 2. The molecule has 0 aromatic heterocycles. The molecule has 5 heteroatoms. The van der Waals surface area contributed by atoms with Gasteiger partial charge in [0.05, 0.1) is 6.54 Å². The SMILES string of the molecule is C=C(Cl)CNC(=O)CC1CCNC1.Cl. The molecular formula is C9H16Cl2N2O. The van der Waals surface area contributed by atoms with E-state index in [1.54, 1.807) is 0 Å². The van der Waals surface area contributed by atoms with Gasteiger partial charge in [-0.05, 0) is 25.4 Å². The Bertz CT molecular complexity index is 203. The number of carbonyl (C=O) groups excluding carboxylic acids is 1. The van der Waals surface area contributed by atoms with Crippen LogP contribution in [-0.4, -0.2) is 25.5 Å². The number of rotatable bonds is 4. The fourth-order valence-electron chi connectivity index (χ4n) is 1.42. The molecule has 0 spiro atoms. The summed E-state index contributed by atoms with van der Waals surface area (Å²) in [6.07, 6.45) is 1.69. The first kappa shape index (κ1) is 13.8. The molecule has 1 fully saturated rings. The molecule has 0 radical (unpaired) electrons. The fourth-order valence-corrected chi connectivity index (χ4v) is 1.48. The van der Waals surface area contributed by atoms with Crippen LogP contribution in [0.4, 0.5) is 0 Å². The lowest BCUT2D eigenvalue weighted by Crippen LogP contribution is -2.27. The predicted molar refractivity (Wildman–Crippen MR) is 60.8 cm³/mol. The molecule has 1 amide bonds. The molecule has 0 aromatic carbocycles. The zero-order valence-electron chi connectivity index (χ0n) is 8.01. The third-order valence-electron chi connectivity index (χ3n) is 2.11. The maximum absolute atomic E-state index is 11.3. The van der Waals surface area contributed by atoms with Crippen LogP contribution in [0.1, 0.15) is 12.8 Å². The lowest BCUT2D eigenvalue weighted by atomic mass is 10.0. The van der Waals surface area contributed by atoms with E-state index >= 15 is 0 Å². The van der Waals surface area contributed by atoms with Crippen LogP contribution in [0, 0.1) is 5.92 Å². The van der Waals surface area contributed by atoms with E-state index in [9.17, 15) is 4.79 Å². The van der Waals surface area contributed by atoms with Crippen LogP contribution in [0.2, 0.25) is 0 Å². The Labute approximate surface area is 95.7 Å². The second kappa shape index (κ2) is 7.10. The predicted octanol–water partition coefficient (Wildman–Crippen LogP) is 1.28. The van der Waals surface area contributed by atoms with E-state index in [2.05, 4.69) is 17.2 Å². The molecule has 1 heterocycles. The minimum absolute atomic E-state index is 0. The van der Waals surface area contributed by atoms with Crippen LogP contribution >= 0.6 is 24.0 Å². The zero-order chi connectivity index (χ0) is 9.68. The summed E-state index contributed by atoms with van der Waals surface area (Å²) >= 11 is 5.52. The van der Waals surface area contributed by atoms with Crippen molar-refractivity contribution in [1.29, 1.82) is 0 Å². The molecule has 82 valence electrons. The number of nitrogens with one attached hydrogen (secondary N) is 2. The first-order chi connectivity index (χ1) is 6.18. The molecule has 3 nitrogen and oxygen atoms in total. The standard InChI is InChI=1S/C9H15ClN2O.ClH/c1-7(10)5-12-9(13)4-8-2-3-11-6-8;/h8,11H,1-6H2,(H,12,13);1H. The molecule has 0 saturated carbocycles. The van der Waals surface area contributed by atoms with Crippen LogP contribution in [0.25, 0.3) is 0 Å². The zero-order valence-corrected chi connectivity index (χ0v) is 9.59. The van der Waals surface area contributed by atoms with Crippen molar-refractivity contribution in [2.45, 2.75) is 12.8 Å². The van der Waals surface area contributed by atoms with Crippen LogP contribution in [0.3, 0.4) is 0 Å². The Morgan fingerprint density at radius 1 is 1.64 bits per heavy atom. The lowest BCUT2D eigenvalue weighted by Gasteiger charge is -2.07. The van der Waals surface area contributed by atoms with Crippen LogP contribution < -0.4 is 10.6 Å². The Morgan fingerprint density at radius 2 is 2.36 bits per heavy atom. The Hall–Kier alpha value is -0.250. The first-order valence-electron chi connectivity index (χ1n) is 4.49. The van der Waals surface area contributed by atoms with E-state index in [4.69, 9.17) is 11.6 Å². The van der Waals surface area contributed by atoms with Gasteiger partial charge < -0.3 is 10.6 Å². The summed E-state index contributed by atoms with van der Waals surface area (Å²) < 4.78 is 0. The van der Waals surface area contributed by atoms with E-state index in [0.29, 0.717) is 23.9 Å². The summed E-state index contributed by atoms with van der Waals surface area (Å²) in [4.78, 5) is 11.3. The van der Waals surface area contributed by atoms with Gasteiger partial charge in [-0.15, -0.1) is 12.4 Å². The van der Waals surface area contributed by atoms with Crippen LogP contribution in [0.5, 0.6) is 0 Å². The first-order valence-corrected chi connectivity index (χ1v) is 4.87. The molecule has 1 unspecified atom stereocenters. The highest BCUT2D eigenvalue weighted by Crippen LogP contribution is 2.11. The molecule has 0 aromatic rings. The van der Waals surface area contributed by atoms with Gasteiger partial charge in [0.2, 0.25) is 5.91 Å². The average molecular weight is 239 g/mol. The van der Waals surface area contributed by atoms with Crippen molar-refractivity contribution >= 4 is 29.9 Å². The third-order valence-corrected chi connectivity index (χ3v) is 2.25. The van der Waals surface area contributed by atoms with Crippen LogP contribution in [-0.2, 0) is 4.79 Å². The van der Waals surface area contributed by atoms with E-state index < -0.39 is 0 Å². The summed E-state index contributed by atoms with van der Waals surface area (Å²) in [6.45, 7) is 5.85. The quantitative estimate of drug-likeness (QED) is 0.775. The summed E-state index contributed by atoms with van der Waals surface area (Å²) in [6, 6.07) is 0. The molecule has 0 aliphatic carbocycles. The van der Waals surface area contributed by atoms with Crippen molar-refractivity contribution in [3.8, 4) is 0 Å². The molecule has 1 saturated heterocycles. The average Bonchev–Trinajstić information content (AvgIpc) is 2.53. The van der Waals surface area contributed by atoms with Gasteiger partial charge in [0.25, 0.3) is 0 Å². The van der Waals surface area contributed by atoms with Crippen molar-refractivity contribution in [3.05, 3.63) is 11.6 Å². The van der Waals surface area contributed by atoms with Crippen molar-refractivity contribution in [2.24, 2.45) is 5.92 Å². The largest absolute Gasteiger partial charge is 0.351 e. The van der Waals surface area contributed by atoms with E-state index in [-0.39, 0.29) is 18.3 Å². The number of halogens is 2. The number of amides is 1. The molecular weight excluding hydrogens is 223 g/mol. The van der Waals surface area contributed by atoms with E-state index in [1.165, 1.54) is 0 Å². The Morgan fingerprint density at radius 3 is 2.86 bits per heavy atom. The second-order valence-corrected chi connectivity index (χ2v) is 3.89. The van der Waals surface area contributed by atoms with Crippen LogP contribution in [0.15, 0.2) is 11.6 Å². The van der Waals surface area contributed by atoms with Crippen molar-refractivity contribution in [2.75, 3.05) is 19.6 Å². The highest BCUT2D eigenvalue weighted by Gasteiger charge is 2.17. The maximum atomic E-state index is 11.3. The maximum Gasteiger partial charge on any atom is 0.220 e. The van der Waals surface area contributed by atoms with Crippen molar-refractivity contribution in [3.63, 3.8) is 0 Å². The van der Waals surface area contributed by atoms with Gasteiger partial charge in [0, 0.05) is 11.5 Å². The normalized spacial score (nSPS) is 19.9. The van der Waals surface area contributed by atoms with Gasteiger partial charge in [0.15, 0.2) is 0 Å². The number of carbonyl (C=O) groups is 1. The van der Waals surface area contributed by atoms with Gasteiger partial charge >= 0.3 is 0 Å². The minimum Gasteiger partial charge on any atom is -0.351 e. The third kappa shape index (κ3) is 5.47. The highest BCUT2D eigenvalue weighted by atomic mass is 35.5. The molecule has 1 rings (SSSR count). The molecule has 14 heavy (non-hydrogen) atoms. The van der Waals surface area contributed by atoms with E-state index in [0.717, 1.165) is 19.5 Å². The summed E-state index contributed by atoms with van der Waals surface area (Å²) in [7, 11) is 0. The fraction of sp³-hybridized carbons (Fsp3) is 0.667. The Kier molecular flexibility index (Phi) is 6.97. The van der Waals surface area contributed by atoms with Crippen molar-refractivity contribution in [1.82, 2.24) is 10.6 Å². The van der Waals surface area contributed by atoms with Gasteiger partial charge in [-0.2, -0.15) is 0 Å².